The number of carbonyl (C=O) groups excluding carboxylic acids is 2. The van der Waals surface area contributed by atoms with Crippen molar-refractivity contribution >= 4 is 11.8 Å². The Bertz CT molecular complexity index is 603. The van der Waals surface area contributed by atoms with Crippen LogP contribution in [0.5, 0.6) is 0 Å². The second kappa shape index (κ2) is 13.3. The van der Waals surface area contributed by atoms with Gasteiger partial charge in [0, 0.05) is 12.6 Å². The van der Waals surface area contributed by atoms with Crippen molar-refractivity contribution in [2.75, 3.05) is 19.6 Å². The standard InChI is InChI=1S/C23H37N3O3/c1-2-3-4-5-10-15-20(18-26-16-11-7-12-17-26)24-22(27)21(23(28)25-29)19-13-8-6-9-14-19/h6,8-9,13-14,20-21,29H,2-5,7,10-12,15-18H2,1H3,(H,24,27)(H,25,28). The molecule has 1 aliphatic rings. The normalized spacial score (nSPS) is 16.8. The van der Waals surface area contributed by atoms with Crippen molar-refractivity contribution in [1.82, 2.24) is 15.7 Å². The minimum Gasteiger partial charge on any atom is -0.351 e. The number of amides is 2. The number of hydroxylamine groups is 1. The Balaban J connectivity index is 2.02. The highest BCUT2D eigenvalue weighted by Crippen LogP contribution is 2.18. The van der Waals surface area contributed by atoms with Gasteiger partial charge in [0.1, 0.15) is 5.92 Å². The maximum atomic E-state index is 13.0. The predicted molar refractivity (Wildman–Crippen MR) is 115 cm³/mol. The van der Waals surface area contributed by atoms with Gasteiger partial charge in [0.2, 0.25) is 5.91 Å². The van der Waals surface area contributed by atoms with E-state index >= 15 is 0 Å². The highest BCUT2D eigenvalue weighted by Gasteiger charge is 2.30. The summed E-state index contributed by atoms with van der Waals surface area (Å²) in [6, 6.07) is 8.91. The van der Waals surface area contributed by atoms with Crippen LogP contribution in [0, 0.1) is 0 Å². The van der Waals surface area contributed by atoms with Gasteiger partial charge in [0.05, 0.1) is 0 Å². The van der Waals surface area contributed by atoms with E-state index in [2.05, 4.69) is 17.1 Å². The van der Waals surface area contributed by atoms with E-state index in [1.165, 1.54) is 44.9 Å². The molecule has 0 radical (unpaired) electrons. The van der Waals surface area contributed by atoms with Gasteiger partial charge in [-0.1, -0.05) is 75.8 Å². The maximum absolute atomic E-state index is 13.0. The van der Waals surface area contributed by atoms with Crippen LogP contribution < -0.4 is 10.8 Å². The van der Waals surface area contributed by atoms with Crippen LogP contribution in [0.2, 0.25) is 0 Å². The smallest absolute Gasteiger partial charge is 0.260 e. The van der Waals surface area contributed by atoms with E-state index in [0.717, 1.165) is 32.5 Å². The van der Waals surface area contributed by atoms with Crippen LogP contribution in [0.25, 0.3) is 0 Å². The first-order chi connectivity index (χ1) is 14.2. The second-order valence-corrected chi connectivity index (χ2v) is 8.09. The van der Waals surface area contributed by atoms with Crippen LogP contribution in [-0.2, 0) is 9.59 Å². The first-order valence-corrected chi connectivity index (χ1v) is 11.2. The molecule has 0 spiro atoms. The van der Waals surface area contributed by atoms with Crippen molar-refractivity contribution in [3.8, 4) is 0 Å². The number of piperidine rings is 1. The van der Waals surface area contributed by atoms with Crippen molar-refractivity contribution in [2.45, 2.75) is 76.7 Å². The summed E-state index contributed by atoms with van der Waals surface area (Å²) in [6.45, 7) is 5.17. The van der Waals surface area contributed by atoms with Gasteiger partial charge in [-0.3, -0.25) is 14.8 Å². The Labute approximate surface area is 175 Å². The summed E-state index contributed by atoms with van der Waals surface area (Å²) in [5.74, 6) is -2.10. The van der Waals surface area contributed by atoms with Crippen LogP contribution in [0.3, 0.4) is 0 Å². The Morgan fingerprint density at radius 3 is 2.34 bits per heavy atom. The fourth-order valence-electron chi connectivity index (χ4n) is 4.07. The molecular formula is C23H37N3O3. The number of nitrogens with one attached hydrogen (secondary N) is 2. The third-order valence-corrected chi connectivity index (χ3v) is 5.70. The molecule has 6 heteroatoms. The van der Waals surface area contributed by atoms with Crippen molar-refractivity contribution < 1.29 is 14.8 Å². The van der Waals surface area contributed by atoms with E-state index in [0.29, 0.717) is 5.56 Å². The Kier molecular flexibility index (Phi) is 10.7. The van der Waals surface area contributed by atoms with Crippen molar-refractivity contribution in [1.29, 1.82) is 0 Å². The average Bonchev–Trinajstić information content (AvgIpc) is 2.75. The molecule has 6 nitrogen and oxygen atoms in total. The van der Waals surface area contributed by atoms with E-state index in [-0.39, 0.29) is 11.9 Å². The van der Waals surface area contributed by atoms with E-state index in [1.54, 1.807) is 29.7 Å². The fourth-order valence-corrected chi connectivity index (χ4v) is 4.07. The third kappa shape index (κ3) is 8.15. The van der Waals surface area contributed by atoms with E-state index < -0.39 is 11.8 Å². The van der Waals surface area contributed by atoms with Crippen molar-refractivity contribution in [3.05, 3.63) is 35.9 Å². The van der Waals surface area contributed by atoms with Crippen molar-refractivity contribution in [2.24, 2.45) is 0 Å². The number of likely N-dealkylation sites (tertiary alicyclic amines) is 1. The maximum Gasteiger partial charge on any atom is 0.260 e. The average molecular weight is 404 g/mol. The minimum absolute atomic E-state index is 0.0138. The molecule has 29 heavy (non-hydrogen) atoms. The van der Waals surface area contributed by atoms with Gasteiger partial charge < -0.3 is 10.2 Å². The lowest BCUT2D eigenvalue weighted by Gasteiger charge is -2.31. The predicted octanol–water partition coefficient (Wildman–Crippen LogP) is 3.61. The minimum atomic E-state index is -1.05. The topological polar surface area (TPSA) is 81.7 Å². The van der Waals surface area contributed by atoms with Gasteiger partial charge in [-0.25, -0.2) is 5.48 Å². The van der Waals surface area contributed by atoms with E-state index in [9.17, 15) is 9.59 Å². The summed E-state index contributed by atoms with van der Waals surface area (Å²) in [7, 11) is 0. The third-order valence-electron chi connectivity index (χ3n) is 5.70. The summed E-state index contributed by atoms with van der Waals surface area (Å²) in [5.41, 5.74) is 2.24. The van der Waals surface area contributed by atoms with Gasteiger partial charge in [0.15, 0.2) is 0 Å². The SMILES string of the molecule is CCCCCCCC(CN1CCCCC1)NC(=O)C(C(=O)NO)c1ccccc1. The molecule has 2 unspecified atom stereocenters. The number of unbranched alkanes of at least 4 members (excludes halogenated alkanes) is 4. The van der Waals surface area contributed by atoms with Crippen LogP contribution in [0.15, 0.2) is 30.3 Å². The molecule has 1 saturated heterocycles. The quantitative estimate of drug-likeness (QED) is 0.216. The lowest BCUT2D eigenvalue weighted by Crippen LogP contribution is -2.48. The molecular weight excluding hydrogens is 366 g/mol. The summed E-state index contributed by atoms with van der Waals surface area (Å²) >= 11 is 0. The molecule has 1 aromatic carbocycles. The number of hydrogen-bond acceptors (Lipinski definition) is 4. The van der Waals surface area contributed by atoms with Gasteiger partial charge in [0.25, 0.3) is 5.91 Å². The van der Waals surface area contributed by atoms with E-state index in [4.69, 9.17) is 5.21 Å². The lowest BCUT2D eigenvalue weighted by molar-refractivity contribution is -0.137. The lowest BCUT2D eigenvalue weighted by atomic mass is 9.96. The monoisotopic (exact) mass is 403 g/mol. The van der Waals surface area contributed by atoms with E-state index in [1.807, 2.05) is 6.07 Å². The highest BCUT2D eigenvalue weighted by molar-refractivity contribution is 6.05. The van der Waals surface area contributed by atoms with Gasteiger partial charge in [-0.15, -0.1) is 0 Å². The Morgan fingerprint density at radius 2 is 1.69 bits per heavy atom. The summed E-state index contributed by atoms with van der Waals surface area (Å²) in [4.78, 5) is 27.7. The second-order valence-electron chi connectivity index (χ2n) is 8.09. The fraction of sp³-hybridized carbons (Fsp3) is 0.652. The number of rotatable bonds is 12. The molecule has 0 aromatic heterocycles. The molecule has 0 aliphatic carbocycles. The summed E-state index contributed by atoms with van der Waals surface area (Å²) in [6.07, 6.45) is 10.5. The largest absolute Gasteiger partial charge is 0.351 e. The first kappa shape index (κ1) is 23.4. The molecule has 2 amide bonds. The van der Waals surface area contributed by atoms with Crippen LogP contribution >= 0.6 is 0 Å². The number of carbonyl (C=O) groups is 2. The number of benzene rings is 1. The molecule has 2 rings (SSSR count). The Hall–Kier alpha value is -1.92. The zero-order chi connectivity index (χ0) is 20.9. The molecule has 1 fully saturated rings. The van der Waals surface area contributed by atoms with Crippen LogP contribution in [0.4, 0.5) is 0 Å². The molecule has 1 aromatic rings. The summed E-state index contributed by atoms with van der Waals surface area (Å²) < 4.78 is 0. The molecule has 0 saturated carbocycles. The first-order valence-electron chi connectivity index (χ1n) is 11.2. The van der Waals surface area contributed by atoms with Gasteiger partial charge in [-0.05, 0) is 37.9 Å². The van der Waals surface area contributed by atoms with Crippen LogP contribution in [-0.4, -0.2) is 47.6 Å². The zero-order valence-electron chi connectivity index (χ0n) is 17.7. The van der Waals surface area contributed by atoms with Crippen molar-refractivity contribution in [3.63, 3.8) is 0 Å². The Morgan fingerprint density at radius 1 is 1.00 bits per heavy atom. The molecule has 3 N–H and O–H groups in total. The summed E-state index contributed by atoms with van der Waals surface area (Å²) in [5, 5.41) is 12.3. The molecule has 2 atom stereocenters. The molecule has 0 bridgehead atoms. The van der Waals surface area contributed by atoms with Gasteiger partial charge >= 0.3 is 0 Å². The molecule has 162 valence electrons. The number of nitrogens with zero attached hydrogens (tertiary/aromatic N) is 1. The van der Waals surface area contributed by atoms with Gasteiger partial charge in [-0.2, -0.15) is 0 Å². The number of hydrogen-bond donors (Lipinski definition) is 3. The highest BCUT2D eigenvalue weighted by atomic mass is 16.5. The molecule has 1 aliphatic heterocycles. The zero-order valence-corrected chi connectivity index (χ0v) is 17.7. The molecule has 1 heterocycles. The van der Waals surface area contributed by atoms with Crippen LogP contribution in [0.1, 0.15) is 76.2 Å².